The highest BCUT2D eigenvalue weighted by molar-refractivity contribution is 5.33. The fourth-order valence-electron chi connectivity index (χ4n) is 1.96. The Hall–Kier alpha value is -2.10. The molecule has 0 fully saturated rings. The molecule has 0 aliphatic rings. The third kappa shape index (κ3) is 3.44. The van der Waals surface area contributed by atoms with Gasteiger partial charge in [0.15, 0.2) is 0 Å². The van der Waals surface area contributed by atoms with Gasteiger partial charge in [-0.3, -0.25) is 9.78 Å². The number of aromatic nitrogens is 2. The number of anilines is 1. The van der Waals surface area contributed by atoms with Gasteiger partial charge < -0.3 is 5.32 Å². The number of nitrogens with one attached hydrogen (secondary N) is 2. The Morgan fingerprint density at radius 2 is 1.95 bits per heavy atom. The van der Waals surface area contributed by atoms with E-state index < -0.39 is 0 Å². The van der Waals surface area contributed by atoms with Crippen molar-refractivity contribution >= 4 is 5.95 Å². The monoisotopic (exact) mass is 257 g/mol. The van der Waals surface area contributed by atoms with E-state index in [-0.39, 0.29) is 11.6 Å². The van der Waals surface area contributed by atoms with Crippen molar-refractivity contribution in [3.8, 4) is 0 Å². The van der Waals surface area contributed by atoms with Crippen molar-refractivity contribution in [2.45, 2.75) is 33.2 Å². The third-order valence-electron chi connectivity index (χ3n) is 2.87. The molecule has 0 radical (unpaired) electrons. The average Bonchev–Trinajstić information content (AvgIpc) is 2.34. The number of benzene rings is 1. The molecule has 0 amide bonds. The van der Waals surface area contributed by atoms with E-state index in [0.29, 0.717) is 12.4 Å². The van der Waals surface area contributed by atoms with Crippen LogP contribution in [0.5, 0.6) is 0 Å². The number of aromatic amines is 1. The van der Waals surface area contributed by atoms with Gasteiger partial charge >= 0.3 is 0 Å². The number of hydrogen-bond acceptors (Lipinski definition) is 3. The zero-order valence-electron chi connectivity index (χ0n) is 11.5. The summed E-state index contributed by atoms with van der Waals surface area (Å²) in [6, 6.07) is 10.2. The topological polar surface area (TPSA) is 57.8 Å². The number of H-pyrrole nitrogens is 1. The van der Waals surface area contributed by atoms with Gasteiger partial charge in [-0.1, -0.05) is 30.3 Å². The van der Waals surface area contributed by atoms with Gasteiger partial charge in [-0.05, 0) is 26.3 Å². The maximum atomic E-state index is 12.1. The van der Waals surface area contributed by atoms with Crippen LogP contribution in [-0.2, 0) is 6.42 Å². The van der Waals surface area contributed by atoms with Gasteiger partial charge in [-0.15, -0.1) is 0 Å². The van der Waals surface area contributed by atoms with Gasteiger partial charge in [-0.25, -0.2) is 4.98 Å². The molecule has 19 heavy (non-hydrogen) atoms. The molecule has 0 saturated carbocycles. The van der Waals surface area contributed by atoms with E-state index in [2.05, 4.69) is 15.3 Å². The van der Waals surface area contributed by atoms with E-state index in [1.54, 1.807) is 0 Å². The standard InChI is InChI=1S/C15H19N3O/c1-10(2)16-15-17-11(3)13(14(19)18-15)9-12-7-5-4-6-8-12/h4-8,10H,9H2,1-3H3,(H2,16,17,18,19). The summed E-state index contributed by atoms with van der Waals surface area (Å²) in [4.78, 5) is 19.3. The predicted molar refractivity (Wildman–Crippen MR) is 77.6 cm³/mol. The first-order valence-corrected chi connectivity index (χ1v) is 6.46. The van der Waals surface area contributed by atoms with Gasteiger partial charge in [0, 0.05) is 18.0 Å². The van der Waals surface area contributed by atoms with Gasteiger partial charge in [0.05, 0.1) is 5.69 Å². The Morgan fingerprint density at radius 3 is 2.53 bits per heavy atom. The molecular weight excluding hydrogens is 238 g/mol. The molecule has 2 N–H and O–H groups in total. The van der Waals surface area contributed by atoms with Crippen LogP contribution < -0.4 is 10.9 Å². The third-order valence-corrected chi connectivity index (χ3v) is 2.87. The second kappa shape index (κ2) is 5.69. The van der Waals surface area contributed by atoms with E-state index in [1.165, 1.54) is 0 Å². The van der Waals surface area contributed by atoms with Crippen LogP contribution in [0.25, 0.3) is 0 Å². The number of hydrogen-bond donors (Lipinski definition) is 2. The quantitative estimate of drug-likeness (QED) is 0.884. The summed E-state index contributed by atoms with van der Waals surface area (Å²) in [6.45, 7) is 5.89. The van der Waals surface area contributed by atoms with Gasteiger partial charge in [0.1, 0.15) is 0 Å². The zero-order valence-corrected chi connectivity index (χ0v) is 11.5. The molecule has 0 saturated heterocycles. The largest absolute Gasteiger partial charge is 0.354 e. The number of nitrogens with zero attached hydrogens (tertiary/aromatic N) is 1. The molecule has 2 aromatic rings. The maximum absolute atomic E-state index is 12.1. The average molecular weight is 257 g/mol. The molecule has 0 atom stereocenters. The van der Waals surface area contributed by atoms with Crippen LogP contribution in [0.3, 0.4) is 0 Å². The van der Waals surface area contributed by atoms with Crippen molar-refractivity contribution in [2.24, 2.45) is 0 Å². The lowest BCUT2D eigenvalue weighted by Gasteiger charge is -2.11. The Kier molecular flexibility index (Phi) is 4.00. The fourth-order valence-corrected chi connectivity index (χ4v) is 1.96. The van der Waals surface area contributed by atoms with Crippen LogP contribution in [0.1, 0.15) is 30.7 Å². The van der Waals surface area contributed by atoms with Crippen molar-refractivity contribution in [1.82, 2.24) is 9.97 Å². The van der Waals surface area contributed by atoms with Crippen molar-refractivity contribution in [3.05, 3.63) is 57.5 Å². The minimum absolute atomic E-state index is 0.0699. The number of aryl methyl sites for hydroxylation is 1. The predicted octanol–water partition coefficient (Wildman–Crippen LogP) is 2.49. The fraction of sp³-hybridized carbons (Fsp3) is 0.333. The minimum Gasteiger partial charge on any atom is -0.354 e. The van der Waals surface area contributed by atoms with Crippen LogP contribution in [0.2, 0.25) is 0 Å². The van der Waals surface area contributed by atoms with E-state index in [4.69, 9.17) is 0 Å². The molecule has 1 aromatic heterocycles. The second-order valence-corrected chi connectivity index (χ2v) is 4.94. The molecule has 4 nitrogen and oxygen atoms in total. The lowest BCUT2D eigenvalue weighted by molar-refractivity contribution is 0.859. The SMILES string of the molecule is Cc1nc(NC(C)C)[nH]c(=O)c1Cc1ccccc1. The Bertz CT molecular complexity index is 603. The Labute approximate surface area is 112 Å². The highest BCUT2D eigenvalue weighted by atomic mass is 16.1. The van der Waals surface area contributed by atoms with Crippen LogP contribution >= 0.6 is 0 Å². The van der Waals surface area contributed by atoms with Crippen molar-refractivity contribution < 1.29 is 0 Å². The Morgan fingerprint density at radius 1 is 1.26 bits per heavy atom. The molecule has 2 rings (SSSR count). The molecule has 1 heterocycles. The van der Waals surface area contributed by atoms with Crippen LogP contribution in [0.15, 0.2) is 35.1 Å². The molecule has 1 aromatic carbocycles. The second-order valence-electron chi connectivity index (χ2n) is 4.94. The Balaban J connectivity index is 2.30. The summed E-state index contributed by atoms with van der Waals surface area (Å²) in [5, 5.41) is 3.11. The van der Waals surface area contributed by atoms with Crippen LogP contribution in [0.4, 0.5) is 5.95 Å². The van der Waals surface area contributed by atoms with Crippen LogP contribution in [-0.4, -0.2) is 16.0 Å². The van der Waals surface area contributed by atoms with Gasteiger partial charge in [-0.2, -0.15) is 0 Å². The molecule has 4 heteroatoms. The molecule has 0 aliphatic heterocycles. The molecule has 0 aliphatic carbocycles. The maximum Gasteiger partial charge on any atom is 0.256 e. The summed E-state index contributed by atoms with van der Waals surface area (Å²) >= 11 is 0. The van der Waals surface area contributed by atoms with Crippen molar-refractivity contribution in [3.63, 3.8) is 0 Å². The first kappa shape index (κ1) is 13.3. The van der Waals surface area contributed by atoms with Gasteiger partial charge in [0.25, 0.3) is 5.56 Å². The van der Waals surface area contributed by atoms with Crippen molar-refractivity contribution in [1.29, 1.82) is 0 Å². The van der Waals surface area contributed by atoms with E-state index in [9.17, 15) is 4.79 Å². The van der Waals surface area contributed by atoms with E-state index in [0.717, 1.165) is 16.8 Å². The molecule has 100 valence electrons. The summed E-state index contributed by atoms with van der Waals surface area (Å²) in [5.74, 6) is 0.536. The molecule has 0 spiro atoms. The summed E-state index contributed by atoms with van der Waals surface area (Å²) in [6.07, 6.45) is 0.608. The molecule has 0 unspecified atom stereocenters. The molecular formula is C15H19N3O. The summed E-state index contributed by atoms with van der Waals surface area (Å²) in [7, 11) is 0. The van der Waals surface area contributed by atoms with E-state index >= 15 is 0 Å². The highest BCUT2D eigenvalue weighted by Gasteiger charge is 2.09. The van der Waals surface area contributed by atoms with Gasteiger partial charge in [0.2, 0.25) is 5.95 Å². The smallest absolute Gasteiger partial charge is 0.256 e. The summed E-state index contributed by atoms with van der Waals surface area (Å²) in [5.41, 5.74) is 2.54. The number of rotatable bonds is 4. The highest BCUT2D eigenvalue weighted by Crippen LogP contribution is 2.09. The zero-order chi connectivity index (χ0) is 13.8. The minimum atomic E-state index is -0.0699. The molecule has 0 bridgehead atoms. The normalized spacial score (nSPS) is 10.7. The first-order chi connectivity index (χ1) is 9.06. The van der Waals surface area contributed by atoms with E-state index in [1.807, 2.05) is 51.1 Å². The van der Waals surface area contributed by atoms with Crippen LogP contribution in [0, 0.1) is 6.92 Å². The summed E-state index contributed by atoms with van der Waals surface area (Å²) < 4.78 is 0. The lowest BCUT2D eigenvalue weighted by Crippen LogP contribution is -2.22. The first-order valence-electron chi connectivity index (χ1n) is 6.46. The van der Waals surface area contributed by atoms with Crippen molar-refractivity contribution in [2.75, 3.05) is 5.32 Å². The lowest BCUT2D eigenvalue weighted by atomic mass is 10.1.